The molecule has 2 aromatic carbocycles. The highest BCUT2D eigenvalue weighted by atomic mass is 32.1. The molecule has 0 amide bonds. The molecule has 2 heterocycles. The number of hydrogen-bond acceptors (Lipinski definition) is 3. The third kappa shape index (κ3) is 1.98. The minimum Gasteiger partial charge on any atom is -0.343 e. The Morgan fingerprint density at radius 2 is 1.95 bits per heavy atom. The zero-order valence-corrected chi connectivity index (χ0v) is 12.3. The molecule has 0 unspecified atom stereocenters. The van der Waals surface area contributed by atoms with Crippen LogP contribution in [0.4, 0.5) is 5.13 Å². The topological polar surface area (TPSA) is 16.1 Å². The highest BCUT2D eigenvalue weighted by Gasteiger charge is 2.18. The van der Waals surface area contributed by atoms with E-state index in [1.165, 1.54) is 21.4 Å². The van der Waals surface area contributed by atoms with Crippen molar-refractivity contribution < 1.29 is 0 Å². The van der Waals surface area contributed by atoms with Gasteiger partial charge in [0, 0.05) is 13.1 Å². The van der Waals surface area contributed by atoms with Gasteiger partial charge in [-0.1, -0.05) is 41.7 Å². The maximum Gasteiger partial charge on any atom is 0.186 e. The second-order valence-corrected chi connectivity index (χ2v) is 6.42. The second-order valence-electron chi connectivity index (χ2n) is 5.41. The molecule has 0 saturated carbocycles. The number of thiazole rings is 1. The molecule has 1 aliphatic rings. The fourth-order valence-corrected chi connectivity index (χ4v) is 3.90. The summed E-state index contributed by atoms with van der Waals surface area (Å²) in [5.74, 6) is 0. The highest BCUT2D eigenvalue weighted by molar-refractivity contribution is 7.22. The van der Waals surface area contributed by atoms with Crippen molar-refractivity contribution in [3.63, 3.8) is 0 Å². The normalized spacial score (nSPS) is 14.6. The number of aryl methyl sites for hydroxylation is 1. The Balaban J connectivity index is 1.70. The molecular weight excluding hydrogens is 264 g/mol. The average molecular weight is 280 g/mol. The van der Waals surface area contributed by atoms with Gasteiger partial charge in [0.15, 0.2) is 5.13 Å². The Hall–Kier alpha value is -1.87. The van der Waals surface area contributed by atoms with E-state index >= 15 is 0 Å². The Labute approximate surface area is 122 Å². The van der Waals surface area contributed by atoms with Gasteiger partial charge in [-0.05, 0) is 42.2 Å². The predicted octanol–water partition coefficient (Wildman–Crippen LogP) is 4.17. The van der Waals surface area contributed by atoms with Crippen LogP contribution in [-0.4, -0.2) is 11.5 Å². The summed E-state index contributed by atoms with van der Waals surface area (Å²) < 4.78 is 1.29. The van der Waals surface area contributed by atoms with Gasteiger partial charge in [-0.25, -0.2) is 4.98 Å². The van der Waals surface area contributed by atoms with Gasteiger partial charge in [-0.2, -0.15) is 0 Å². The molecule has 4 rings (SSSR count). The first-order valence-corrected chi connectivity index (χ1v) is 7.80. The maximum atomic E-state index is 4.79. The van der Waals surface area contributed by atoms with Gasteiger partial charge in [0.1, 0.15) is 0 Å². The molecule has 20 heavy (non-hydrogen) atoms. The van der Waals surface area contributed by atoms with E-state index in [0.29, 0.717) is 0 Å². The maximum absolute atomic E-state index is 4.79. The van der Waals surface area contributed by atoms with E-state index in [-0.39, 0.29) is 0 Å². The van der Waals surface area contributed by atoms with Gasteiger partial charge in [-0.15, -0.1) is 0 Å². The number of aromatic nitrogens is 1. The number of anilines is 1. The van der Waals surface area contributed by atoms with Crippen molar-refractivity contribution in [3.8, 4) is 0 Å². The Morgan fingerprint density at radius 3 is 2.85 bits per heavy atom. The molecule has 0 bridgehead atoms. The summed E-state index contributed by atoms with van der Waals surface area (Å²) in [6.07, 6.45) is 1.12. The molecule has 0 fully saturated rings. The molecule has 0 spiro atoms. The molecule has 100 valence electrons. The number of rotatable bonds is 1. The Kier molecular flexibility index (Phi) is 2.74. The third-order valence-electron chi connectivity index (χ3n) is 3.93. The van der Waals surface area contributed by atoms with Crippen LogP contribution >= 0.6 is 11.3 Å². The van der Waals surface area contributed by atoms with Gasteiger partial charge in [0.2, 0.25) is 0 Å². The molecule has 1 aliphatic heterocycles. The summed E-state index contributed by atoms with van der Waals surface area (Å²) in [5.41, 5.74) is 5.35. The highest BCUT2D eigenvalue weighted by Crippen LogP contribution is 2.32. The van der Waals surface area contributed by atoms with E-state index in [2.05, 4.69) is 54.3 Å². The molecule has 2 nitrogen and oxygen atoms in total. The van der Waals surface area contributed by atoms with Crippen LogP contribution in [0.15, 0.2) is 42.5 Å². The number of benzene rings is 2. The SMILES string of the molecule is Cc1ccc2nc(N3CCc4ccccc4C3)sc2c1. The van der Waals surface area contributed by atoms with Gasteiger partial charge in [-0.3, -0.25) is 0 Å². The van der Waals surface area contributed by atoms with Crippen molar-refractivity contribution in [1.82, 2.24) is 4.98 Å². The van der Waals surface area contributed by atoms with Crippen LogP contribution < -0.4 is 4.90 Å². The lowest BCUT2D eigenvalue weighted by atomic mass is 10.0. The molecule has 0 saturated heterocycles. The van der Waals surface area contributed by atoms with Crippen LogP contribution in [0, 0.1) is 6.92 Å². The van der Waals surface area contributed by atoms with Crippen molar-refractivity contribution in [2.24, 2.45) is 0 Å². The first-order valence-electron chi connectivity index (χ1n) is 6.98. The lowest BCUT2D eigenvalue weighted by Crippen LogP contribution is -2.30. The number of hydrogen-bond donors (Lipinski definition) is 0. The minimum absolute atomic E-state index is 0.981. The van der Waals surface area contributed by atoms with Crippen molar-refractivity contribution in [1.29, 1.82) is 0 Å². The second kappa shape index (κ2) is 4.60. The smallest absolute Gasteiger partial charge is 0.186 e. The van der Waals surface area contributed by atoms with Crippen LogP contribution in [-0.2, 0) is 13.0 Å². The fraction of sp³-hybridized carbons (Fsp3) is 0.235. The van der Waals surface area contributed by atoms with Crippen LogP contribution in [0.1, 0.15) is 16.7 Å². The van der Waals surface area contributed by atoms with Crippen molar-refractivity contribution in [2.75, 3.05) is 11.4 Å². The summed E-state index contributed by atoms with van der Waals surface area (Å²) in [5, 5.41) is 1.15. The van der Waals surface area contributed by atoms with E-state index in [1.807, 2.05) is 11.3 Å². The van der Waals surface area contributed by atoms with Crippen molar-refractivity contribution in [3.05, 3.63) is 59.2 Å². The van der Waals surface area contributed by atoms with Gasteiger partial charge < -0.3 is 4.90 Å². The summed E-state index contributed by atoms with van der Waals surface area (Å²) in [6, 6.07) is 15.2. The van der Waals surface area contributed by atoms with Crippen LogP contribution in [0.5, 0.6) is 0 Å². The monoisotopic (exact) mass is 280 g/mol. The van der Waals surface area contributed by atoms with E-state index in [1.54, 1.807) is 0 Å². The molecule has 0 aliphatic carbocycles. The summed E-state index contributed by atoms with van der Waals surface area (Å²) in [6.45, 7) is 4.18. The molecule has 3 aromatic rings. The first-order chi connectivity index (χ1) is 9.79. The third-order valence-corrected chi connectivity index (χ3v) is 5.01. The molecular formula is C17H16N2S. The van der Waals surface area contributed by atoms with E-state index in [9.17, 15) is 0 Å². The Bertz CT molecular complexity index is 776. The van der Waals surface area contributed by atoms with E-state index < -0.39 is 0 Å². The largest absolute Gasteiger partial charge is 0.343 e. The lowest BCUT2D eigenvalue weighted by Gasteiger charge is -2.28. The van der Waals surface area contributed by atoms with E-state index in [0.717, 1.165) is 30.2 Å². The van der Waals surface area contributed by atoms with Crippen LogP contribution in [0.2, 0.25) is 0 Å². The molecule has 0 N–H and O–H groups in total. The summed E-state index contributed by atoms with van der Waals surface area (Å²) in [7, 11) is 0. The van der Waals surface area contributed by atoms with Gasteiger partial charge in [0.05, 0.1) is 10.2 Å². The van der Waals surface area contributed by atoms with Crippen LogP contribution in [0.3, 0.4) is 0 Å². The van der Waals surface area contributed by atoms with Crippen molar-refractivity contribution >= 4 is 26.7 Å². The molecule has 0 radical (unpaired) electrons. The summed E-state index contributed by atoms with van der Waals surface area (Å²) >= 11 is 1.81. The Morgan fingerprint density at radius 1 is 1.10 bits per heavy atom. The molecule has 0 atom stereocenters. The quantitative estimate of drug-likeness (QED) is 0.665. The lowest BCUT2D eigenvalue weighted by molar-refractivity contribution is 0.730. The summed E-state index contributed by atoms with van der Waals surface area (Å²) in [4.78, 5) is 7.20. The van der Waals surface area contributed by atoms with Gasteiger partial charge >= 0.3 is 0 Å². The van der Waals surface area contributed by atoms with E-state index in [4.69, 9.17) is 4.98 Å². The predicted molar refractivity (Wildman–Crippen MR) is 85.6 cm³/mol. The zero-order chi connectivity index (χ0) is 13.5. The van der Waals surface area contributed by atoms with Crippen molar-refractivity contribution in [2.45, 2.75) is 19.9 Å². The standard InChI is InChI=1S/C17H16N2S/c1-12-6-7-15-16(10-12)20-17(18-15)19-9-8-13-4-2-3-5-14(13)11-19/h2-7,10H,8-9,11H2,1H3. The first kappa shape index (κ1) is 11.9. The average Bonchev–Trinajstić information content (AvgIpc) is 2.89. The minimum atomic E-state index is 0.981. The fourth-order valence-electron chi connectivity index (χ4n) is 2.81. The molecule has 1 aromatic heterocycles. The van der Waals surface area contributed by atoms with Gasteiger partial charge in [0.25, 0.3) is 0 Å². The van der Waals surface area contributed by atoms with Crippen LogP contribution in [0.25, 0.3) is 10.2 Å². The zero-order valence-electron chi connectivity index (χ0n) is 11.5. The number of nitrogens with zero attached hydrogens (tertiary/aromatic N) is 2. The number of fused-ring (bicyclic) bond motifs is 2. The molecule has 3 heteroatoms.